The van der Waals surface area contributed by atoms with Gasteiger partial charge in [-0.3, -0.25) is 0 Å². The van der Waals surface area contributed by atoms with Crippen LogP contribution in [0.4, 0.5) is 0 Å². The highest BCUT2D eigenvalue weighted by atomic mass is 32.1. The molecule has 0 N–H and O–H groups in total. The van der Waals surface area contributed by atoms with Crippen molar-refractivity contribution in [1.29, 1.82) is 0 Å². The van der Waals surface area contributed by atoms with E-state index in [9.17, 15) is 0 Å². The van der Waals surface area contributed by atoms with Gasteiger partial charge in [0.1, 0.15) is 0 Å². The second-order valence-electron chi connectivity index (χ2n) is 1.49. The van der Waals surface area contributed by atoms with Crippen molar-refractivity contribution in [3.8, 4) is 0 Å². The van der Waals surface area contributed by atoms with E-state index in [4.69, 9.17) is 0 Å². The third-order valence-electron chi connectivity index (χ3n) is 0.882. The lowest BCUT2D eigenvalue weighted by atomic mass is 10.4. The molecule has 1 aromatic carbocycles. The Morgan fingerprint density at radius 2 is 1.25 bits per heavy atom. The second kappa shape index (κ2) is 2.46. The van der Waals surface area contributed by atoms with E-state index >= 15 is 0 Å². The van der Waals surface area contributed by atoms with E-state index in [0.717, 1.165) is 9.79 Å². The van der Waals surface area contributed by atoms with Crippen LogP contribution in [-0.2, 0) is 0 Å². The lowest BCUT2D eigenvalue weighted by molar-refractivity contribution is 1.27. The SMILES string of the molecule is Sc1ccccc1S. The third-order valence-corrected chi connectivity index (χ3v) is 1.84. The highest BCUT2D eigenvalue weighted by Crippen LogP contribution is 2.15. The Balaban J connectivity index is 3.13. The van der Waals surface area contributed by atoms with Gasteiger partial charge in [-0.25, -0.2) is 0 Å². The van der Waals surface area contributed by atoms with E-state index in [-0.39, 0.29) is 0 Å². The Kier molecular flexibility index (Phi) is 1.86. The molecule has 0 unspecified atom stereocenters. The van der Waals surface area contributed by atoms with Crippen molar-refractivity contribution in [1.82, 2.24) is 0 Å². The summed E-state index contributed by atoms with van der Waals surface area (Å²) < 4.78 is 0. The van der Waals surface area contributed by atoms with Gasteiger partial charge in [-0.1, -0.05) is 12.1 Å². The molecule has 0 bridgehead atoms. The Hall–Kier alpha value is -0.0800. The van der Waals surface area contributed by atoms with Crippen molar-refractivity contribution in [2.24, 2.45) is 0 Å². The van der Waals surface area contributed by atoms with Crippen LogP contribution in [0.5, 0.6) is 0 Å². The van der Waals surface area contributed by atoms with Crippen LogP contribution in [0.3, 0.4) is 0 Å². The number of hydrogen-bond acceptors (Lipinski definition) is 2. The Morgan fingerprint density at radius 3 is 1.50 bits per heavy atom. The highest BCUT2D eigenvalue weighted by Gasteiger charge is 1.86. The average molecular weight is 142 g/mol. The summed E-state index contributed by atoms with van der Waals surface area (Å²) in [5.41, 5.74) is 0. The Morgan fingerprint density at radius 1 is 0.875 bits per heavy atom. The standard InChI is InChI=1S/C6H6S2/c7-5-3-1-2-4-6(5)8/h1-4,7-8H. The monoisotopic (exact) mass is 142 g/mol. The second-order valence-corrected chi connectivity index (χ2v) is 2.45. The van der Waals surface area contributed by atoms with Crippen LogP contribution in [0.2, 0.25) is 0 Å². The van der Waals surface area contributed by atoms with Crippen molar-refractivity contribution in [2.75, 3.05) is 0 Å². The summed E-state index contributed by atoms with van der Waals surface area (Å²) in [7, 11) is 0. The minimum atomic E-state index is 0.927. The van der Waals surface area contributed by atoms with Gasteiger partial charge in [-0.05, 0) is 12.1 Å². The molecule has 0 aliphatic carbocycles. The molecule has 0 atom stereocenters. The fraction of sp³-hybridized carbons (Fsp3) is 0. The first-order chi connectivity index (χ1) is 3.80. The normalized spacial score (nSPS) is 9.25. The van der Waals surface area contributed by atoms with Crippen LogP contribution < -0.4 is 0 Å². The van der Waals surface area contributed by atoms with Gasteiger partial charge in [0.05, 0.1) is 0 Å². The fourth-order valence-electron chi connectivity index (χ4n) is 0.464. The Bertz CT molecular complexity index is 163. The molecule has 0 aliphatic heterocycles. The summed E-state index contributed by atoms with van der Waals surface area (Å²) in [6.07, 6.45) is 0. The van der Waals surface area contributed by atoms with Gasteiger partial charge in [0.2, 0.25) is 0 Å². The van der Waals surface area contributed by atoms with E-state index in [1.165, 1.54) is 0 Å². The molecule has 0 heterocycles. The molecule has 2 heteroatoms. The summed E-state index contributed by atoms with van der Waals surface area (Å²) in [5.74, 6) is 0. The molecular weight excluding hydrogens is 136 g/mol. The molecule has 1 aromatic rings. The van der Waals surface area contributed by atoms with Crippen LogP contribution in [-0.4, -0.2) is 0 Å². The molecule has 0 aromatic heterocycles. The van der Waals surface area contributed by atoms with E-state index in [1.807, 2.05) is 24.3 Å². The predicted molar refractivity (Wildman–Crippen MR) is 40.9 cm³/mol. The zero-order valence-electron chi connectivity index (χ0n) is 4.20. The van der Waals surface area contributed by atoms with E-state index in [1.54, 1.807) is 0 Å². The van der Waals surface area contributed by atoms with Gasteiger partial charge in [-0.2, -0.15) is 0 Å². The van der Waals surface area contributed by atoms with Crippen molar-refractivity contribution in [3.05, 3.63) is 24.3 Å². The van der Waals surface area contributed by atoms with Crippen LogP contribution >= 0.6 is 25.3 Å². The molecule has 0 radical (unpaired) electrons. The van der Waals surface area contributed by atoms with E-state index in [2.05, 4.69) is 25.3 Å². The maximum atomic E-state index is 4.12. The van der Waals surface area contributed by atoms with Gasteiger partial charge in [0.15, 0.2) is 0 Å². The molecule has 8 heavy (non-hydrogen) atoms. The van der Waals surface area contributed by atoms with Crippen LogP contribution in [0, 0.1) is 0 Å². The quantitative estimate of drug-likeness (QED) is 0.510. The van der Waals surface area contributed by atoms with Gasteiger partial charge >= 0.3 is 0 Å². The zero-order chi connectivity index (χ0) is 5.98. The van der Waals surface area contributed by atoms with Crippen molar-refractivity contribution in [2.45, 2.75) is 9.79 Å². The molecule has 0 nitrogen and oxygen atoms in total. The molecule has 42 valence electrons. The molecule has 0 spiro atoms. The molecule has 1 rings (SSSR count). The highest BCUT2D eigenvalue weighted by molar-refractivity contribution is 7.83. The van der Waals surface area contributed by atoms with Crippen LogP contribution in [0.15, 0.2) is 34.1 Å². The summed E-state index contributed by atoms with van der Waals surface area (Å²) in [6, 6.07) is 7.68. The topological polar surface area (TPSA) is 0 Å². The minimum absolute atomic E-state index is 0.927. The fourth-order valence-corrected chi connectivity index (χ4v) is 0.785. The first-order valence-corrected chi connectivity index (χ1v) is 3.17. The maximum absolute atomic E-state index is 4.12. The molecule has 0 saturated heterocycles. The number of thiol groups is 2. The van der Waals surface area contributed by atoms with Crippen LogP contribution in [0.25, 0.3) is 0 Å². The van der Waals surface area contributed by atoms with E-state index in [0.29, 0.717) is 0 Å². The third kappa shape index (κ3) is 1.20. The van der Waals surface area contributed by atoms with Gasteiger partial charge in [0, 0.05) is 9.79 Å². The predicted octanol–water partition coefficient (Wildman–Crippen LogP) is 2.26. The summed E-state index contributed by atoms with van der Waals surface area (Å²) in [6.45, 7) is 0. The van der Waals surface area contributed by atoms with Crippen molar-refractivity contribution < 1.29 is 0 Å². The Labute approximate surface area is 59.7 Å². The lowest BCUT2D eigenvalue weighted by Gasteiger charge is -1.91. The van der Waals surface area contributed by atoms with Gasteiger partial charge in [0.25, 0.3) is 0 Å². The molecule has 0 fully saturated rings. The number of benzene rings is 1. The van der Waals surface area contributed by atoms with Gasteiger partial charge < -0.3 is 0 Å². The van der Waals surface area contributed by atoms with Crippen molar-refractivity contribution in [3.63, 3.8) is 0 Å². The van der Waals surface area contributed by atoms with E-state index < -0.39 is 0 Å². The molecule has 0 aliphatic rings. The smallest absolute Gasteiger partial charge is 0.0174 e. The summed E-state index contributed by atoms with van der Waals surface area (Å²) >= 11 is 8.24. The van der Waals surface area contributed by atoms with Gasteiger partial charge in [-0.15, -0.1) is 25.3 Å². The zero-order valence-corrected chi connectivity index (χ0v) is 5.99. The van der Waals surface area contributed by atoms with Crippen LogP contribution in [0.1, 0.15) is 0 Å². The molecule has 0 saturated carbocycles. The number of rotatable bonds is 0. The first-order valence-electron chi connectivity index (χ1n) is 2.27. The summed E-state index contributed by atoms with van der Waals surface area (Å²) in [4.78, 5) is 1.85. The summed E-state index contributed by atoms with van der Waals surface area (Å²) in [5, 5.41) is 0. The molecule has 0 amide bonds. The number of hydrogen-bond donors (Lipinski definition) is 2. The minimum Gasteiger partial charge on any atom is -0.142 e. The molecular formula is C6H6S2. The lowest BCUT2D eigenvalue weighted by Crippen LogP contribution is -1.65. The first kappa shape index (κ1) is 6.05. The average Bonchev–Trinajstić information content (AvgIpc) is 1.77. The maximum Gasteiger partial charge on any atom is 0.0174 e. The van der Waals surface area contributed by atoms with Crippen molar-refractivity contribution >= 4 is 25.3 Å². The largest absolute Gasteiger partial charge is 0.142 e.